The maximum atomic E-state index is 14.2. The largest absolute Gasteiger partial charge is 0.436 e. The molecule has 0 fully saturated rings. The minimum absolute atomic E-state index is 0.00690. The Kier molecular flexibility index (Phi) is 6.10. The lowest BCUT2D eigenvalue weighted by molar-refractivity contribution is 0.427. The Bertz CT molecular complexity index is 1400. The van der Waals surface area contributed by atoms with E-state index in [0.717, 1.165) is 11.1 Å². The van der Waals surface area contributed by atoms with Gasteiger partial charge in [0.25, 0.3) is 10.0 Å². The molecule has 0 saturated carbocycles. The second kappa shape index (κ2) is 8.99. The van der Waals surface area contributed by atoms with Crippen LogP contribution in [0.2, 0.25) is 0 Å². The Balaban J connectivity index is 1.81. The minimum atomic E-state index is -4.00. The molecule has 4 rings (SSSR count). The van der Waals surface area contributed by atoms with Crippen molar-refractivity contribution in [2.75, 3.05) is 4.72 Å². The first-order valence-electron chi connectivity index (χ1n) is 10.1. The number of para-hydroxylation sites is 1. The van der Waals surface area contributed by atoms with E-state index in [4.69, 9.17) is 4.74 Å². The van der Waals surface area contributed by atoms with Crippen molar-refractivity contribution >= 4 is 16.0 Å². The van der Waals surface area contributed by atoms with Crippen LogP contribution in [0.1, 0.15) is 25.3 Å². The zero-order chi connectivity index (χ0) is 23.6. The number of hydrogen-bond donors (Lipinski definition) is 1. The van der Waals surface area contributed by atoms with E-state index in [2.05, 4.69) is 19.8 Å². The molecule has 8 nitrogen and oxygen atoms in total. The van der Waals surface area contributed by atoms with Crippen LogP contribution in [0.3, 0.4) is 0 Å². The van der Waals surface area contributed by atoms with E-state index in [9.17, 15) is 12.8 Å². The highest BCUT2D eigenvalue weighted by atomic mass is 32.2. The molecule has 2 heterocycles. The molecule has 10 heteroatoms. The van der Waals surface area contributed by atoms with Gasteiger partial charge in [-0.05, 0) is 23.6 Å². The van der Waals surface area contributed by atoms with Crippen molar-refractivity contribution in [2.45, 2.75) is 24.7 Å². The number of aromatic nitrogens is 4. The summed E-state index contributed by atoms with van der Waals surface area (Å²) in [6, 6.07) is 15.1. The predicted molar refractivity (Wildman–Crippen MR) is 122 cm³/mol. The van der Waals surface area contributed by atoms with Gasteiger partial charge in [-0.15, -0.1) is 0 Å². The van der Waals surface area contributed by atoms with Gasteiger partial charge in [-0.25, -0.2) is 22.5 Å². The summed E-state index contributed by atoms with van der Waals surface area (Å²) >= 11 is 0. The molecule has 0 radical (unpaired) electrons. The Labute approximate surface area is 191 Å². The molecule has 0 aliphatic carbocycles. The normalized spacial score (nSPS) is 11.5. The van der Waals surface area contributed by atoms with E-state index in [1.165, 1.54) is 29.2 Å². The number of aryl methyl sites for hydroxylation is 1. The van der Waals surface area contributed by atoms with E-state index in [1.807, 2.05) is 38.1 Å². The van der Waals surface area contributed by atoms with Gasteiger partial charge in [-0.3, -0.25) is 4.68 Å². The molecule has 170 valence electrons. The molecule has 0 atom stereocenters. The third-order valence-electron chi connectivity index (χ3n) is 4.83. The Hall–Kier alpha value is -3.79. The van der Waals surface area contributed by atoms with Crippen LogP contribution < -0.4 is 9.46 Å². The molecule has 2 aromatic heterocycles. The van der Waals surface area contributed by atoms with E-state index in [0.29, 0.717) is 5.69 Å². The van der Waals surface area contributed by atoms with Crippen molar-refractivity contribution in [2.24, 2.45) is 7.05 Å². The number of halogens is 1. The third-order valence-corrected chi connectivity index (χ3v) is 6.11. The topological polar surface area (TPSA) is 99.0 Å². The molecule has 4 aromatic rings. The summed E-state index contributed by atoms with van der Waals surface area (Å²) in [5.74, 6) is -0.644. The van der Waals surface area contributed by atoms with Crippen molar-refractivity contribution in [3.63, 3.8) is 0 Å². The fourth-order valence-corrected chi connectivity index (χ4v) is 4.18. The van der Waals surface area contributed by atoms with Gasteiger partial charge in [-0.2, -0.15) is 10.1 Å². The first kappa shape index (κ1) is 22.4. The average molecular weight is 468 g/mol. The van der Waals surface area contributed by atoms with Crippen LogP contribution in [0.5, 0.6) is 11.6 Å². The molecule has 0 amide bonds. The van der Waals surface area contributed by atoms with E-state index >= 15 is 0 Å². The monoisotopic (exact) mass is 467 g/mol. The van der Waals surface area contributed by atoms with Crippen LogP contribution in [-0.4, -0.2) is 28.2 Å². The molecule has 2 aromatic carbocycles. The first-order valence-corrected chi connectivity index (χ1v) is 11.6. The minimum Gasteiger partial charge on any atom is -0.436 e. The SMILES string of the molecule is CC(C)c1ccccc1-c1cc(Oc2ccccc2F)nc(NS(=O)(=O)c2cnn(C)c2)n1. The number of sulfonamides is 1. The summed E-state index contributed by atoms with van der Waals surface area (Å²) in [6.45, 7) is 4.09. The van der Waals surface area contributed by atoms with E-state index < -0.39 is 15.8 Å². The molecule has 0 aliphatic heterocycles. The Morgan fingerprint density at radius 2 is 1.79 bits per heavy atom. The Morgan fingerprint density at radius 3 is 2.48 bits per heavy atom. The molecule has 0 saturated heterocycles. The fraction of sp³-hybridized carbons (Fsp3) is 0.174. The van der Waals surface area contributed by atoms with Gasteiger partial charge in [0.2, 0.25) is 11.8 Å². The van der Waals surface area contributed by atoms with Gasteiger partial charge in [0.1, 0.15) is 4.90 Å². The number of hydrogen-bond acceptors (Lipinski definition) is 6. The molecule has 0 bridgehead atoms. The first-order chi connectivity index (χ1) is 15.7. The average Bonchev–Trinajstić information content (AvgIpc) is 3.22. The second-order valence-corrected chi connectivity index (χ2v) is 9.33. The number of nitrogens with zero attached hydrogens (tertiary/aromatic N) is 4. The van der Waals surface area contributed by atoms with Gasteiger partial charge in [0.15, 0.2) is 11.6 Å². The van der Waals surface area contributed by atoms with Crippen LogP contribution >= 0.6 is 0 Å². The fourth-order valence-electron chi connectivity index (χ4n) is 3.25. The third kappa shape index (κ3) is 5.01. The highest BCUT2D eigenvalue weighted by Crippen LogP contribution is 2.32. The smallest absolute Gasteiger partial charge is 0.267 e. The molecule has 0 unspecified atom stereocenters. The number of ether oxygens (including phenoxy) is 1. The second-order valence-electron chi connectivity index (χ2n) is 7.64. The van der Waals surface area contributed by atoms with Gasteiger partial charge >= 0.3 is 0 Å². The lowest BCUT2D eigenvalue weighted by Gasteiger charge is -2.15. The number of benzene rings is 2. The summed E-state index contributed by atoms with van der Waals surface area (Å²) in [5.41, 5.74) is 2.23. The summed E-state index contributed by atoms with van der Waals surface area (Å²) in [5, 5.41) is 3.89. The lowest BCUT2D eigenvalue weighted by Crippen LogP contribution is -2.15. The van der Waals surface area contributed by atoms with Crippen molar-refractivity contribution < 1.29 is 17.5 Å². The maximum Gasteiger partial charge on any atom is 0.267 e. The number of nitrogens with one attached hydrogen (secondary N) is 1. The van der Waals surface area contributed by atoms with Gasteiger partial charge in [0, 0.05) is 24.9 Å². The van der Waals surface area contributed by atoms with Gasteiger partial charge in [0.05, 0.1) is 11.9 Å². The highest BCUT2D eigenvalue weighted by Gasteiger charge is 2.20. The number of anilines is 1. The highest BCUT2D eigenvalue weighted by molar-refractivity contribution is 7.92. The van der Waals surface area contributed by atoms with Crippen LogP contribution in [0.15, 0.2) is 71.9 Å². The quantitative estimate of drug-likeness (QED) is 0.422. The zero-order valence-corrected chi connectivity index (χ0v) is 19.0. The zero-order valence-electron chi connectivity index (χ0n) is 18.2. The summed E-state index contributed by atoms with van der Waals surface area (Å²) in [4.78, 5) is 8.55. The van der Waals surface area contributed by atoms with Crippen molar-refractivity contribution in [3.05, 3.63) is 78.4 Å². The van der Waals surface area contributed by atoms with Crippen molar-refractivity contribution in [3.8, 4) is 22.9 Å². The van der Waals surface area contributed by atoms with E-state index in [1.54, 1.807) is 25.2 Å². The lowest BCUT2D eigenvalue weighted by atomic mass is 9.95. The number of rotatable bonds is 7. The maximum absolute atomic E-state index is 14.2. The summed E-state index contributed by atoms with van der Waals surface area (Å²) in [6.07, 6.45) is 2.58. The summed E-state index contributed by atoms with van der Waals surface area (Å²) in [7, 11) is -2.39. The molecule has 1 N–H and O–H groups in total. The Morgan fingerprint density at radius 1 is 1.06 bits per heavy atom. The predicted octanol–water partition coefficient (Wildman–Crippen LogP) is 4.73. The van der Waals surface area contributed by atoms with Gasteiger partial charge < -0.3 is 4.74 Å². The molecule has 0 spiro atoms. The van der Waals surface area contributed by atoms with E-state index in [-0.39, 0.29) is 28.4 Å². The molecule has 0 aliphatic rings. The summed E-state index contributed by atoms with van der Waals surface area (Å²) < 4.78 is 49.2. The standard InChI is InChI=1S/C23H22FN5O3S/c1-15(2)17-8-4-5-9-18(17)20-12-22(32-21-11-7-6-10-19(21)24)27-23(26-20)28-33(30,31)16-13-25-29(3)14-16/h4-15H,1-3H3,(H,26,27,28). The molecular weight excluding hydrogens is 445 g/mol. The van der Waals surface area contributed by atoms with Crippen LogP contribution in [-0.2, 0) is 17.1 Å². The van der Waals surface area contributed by atoms with Crippen LogP contribution in [0, 0.1) is 5.82 Å². The van der Waals surface area contributed by atoms with Gasteiger partial charge in [-0.1, -0.05) is 50.2 Å². The van der Waals surface area contributed by atoms with Crippen LogP contribution in [0.25, 0.3) is 11.3 Å². The molecular formula is C23H22FN5O3S. The van der Waals surface area contributed by atoms with Crippen molar-refractivity contribution in [1.29, 1.82) is 0 Å². The van der Waals surface area contributed by atoms with Crippen molar-refractivity contribution in [1.82, 2.24) is 19.7 Å². The van der Waals surface area contributed by atoms with Crippen LogP contribution in [0.4, 0.5) is 10.3 Å². The molecule has 33 heavy (non-hydrogen) atoms.